The summed E-state index contributed by atoms with van der Waals surface area (Å²) in [5, 5.41) is 14.6. The van der Waals surface area contributed by atoms with E-state index in [9.17, 15) is 9.90 Å². The zero-order valence-electron chi connectivity index (χ0n) is 13.2. The van der Waals surface area contributed by atoms with E-state index in [1.54, 1.807) is 35.2 Å². The first-order valence-electron chi connectivity index (χ1n) is 7.40. The lowest BCUT2D eigenvalue weighted by atomic mass is 10.1. The maximum atomic E-state index is 12.5. The van der Waals surface area contributed by atoms with Crippen LogP contribution < -0.4 is 5.43 Å². The fourth-order valence-electron chi connectivity index (χ4n) is 2.35. The Morgan fingerprint density at radius 3 is 2.54 bits per heavy atom. The monoisotopic (exact) mass is 407 g/mol. The largest absolute Gasteiger partial charge is 0.506 e. The average Bonchev–Trinajstić information content (AvgIpc) is 3.12. The number of amides is 1. The molecule has 0 saturated heterocycles. The summed E-state index contributed by atoms with van der Waals surface area (Å²) in [6.07, 6.45) is 4.82. The number of carbonyl (C=O) groups is 1. The Labute approximate surface area is 164 Å². The van der Waals surface area contributed by atoms with Crippen molar-refractivity contribution in [3.05, 3.63) is 81.1 Å². The third-order valence-electron chi connectivity index (χ3n) is 3.52. The van der Waals surface area contributed by atoms with Crippen LogP contribution in [-0.4, -0.2) is 21.8 Å². The smallest absolute Gasteiger partial charge is 0.273 e. The molecule has 132 valence electrons. The normalized spacial score (nSPS) is 11.0. The number of aromatic hydroxyl groups is 1. The van der Waals surface area contributed by atoms with Gasteiger partial charge < -0.3 is 9.67 Å². The van der Waals surface area contributed by atoms with Crippen molar-refractivity contribution in [1.29, 1.82) is 0 Å². The summed E-state index contributed by atoms with van der Waals surface area (Å²) in [6, 6.07) is 11.6. The lowest BCUT2D eigenvalue weighted by Gasteiger charge is -2.11. The van der Waals surface area contributed by atoms with Crippen LogP contribution in [0.25, 0.3) is 5.69 Å². The highest BCUT2D eigenvalue weighted by atomic mass is 35.5. The van der Waals surface area contributed by atoms with Crippen LogP contribution in [0.5, 0.6) is 5.75 Å². The number of rotatable bonds is 4. The highest BCUT2D eigenvalue weighted by molar-refractivity contribution is 6.36. The van der Waals surface area contributed by atoms with E-state index in [0.717, 1.165) is 0 Å². The first-order valence-corrected chi connectivity index (χ1v) is 8.54. The van der Waals surface area contributed by atoms with Gasteiger partial charge in [-0.25, -0.2) is 5.43 Å². The van der Waals surface area contributed by atoms with Gasteiger partial charge in [0.2, 0.25) is 0 Å². The fourth-order valence-corrected chi connectivity index (χ4v) is 3.13. The molecule has 0 saturated carbocycles. The van der Waals surface area contributed by atoms with E-state index >= 15 is 0 Å². The number of benzene rings is 2. The van der Waals surface area contributed by atoms with Crippen LogP contribution in [0.3, 0.4) is 0 Å². The summed E-state index contributed by atoms with van der Waals surface area (Å²) in [7, 11) is 0. The number of phenolic OH excluding ortho intramolecular Hbond substituents is 1. The summed E-state index contributed by atoms with van der Waals surface area (Å²) >= 11 is 18.0. The van der Waals surface area contributed by atoms with E-state index in [2.05, 4.69) is 10.5 Å². The van der Waals surface area contributed by atoms with Crippen molar-refractivity contribution >= 4 is 46.9 Å². The SMILES string of the molecule is O=C(N/N=C\c1cc(Cl)cc(Cl)c1O)c1cccc(Cl)c1-n1cccc1. The molecule has 0 aliphatic carbocycles. The standard InChI is InChI=1S/C18H12Cl3N3O2/c19-12-8-11(17(25)15(21)9-12)10-22-23-18(26)13-4-3-5-14(20)16(13)24-6-1-2-7-24/h1-10,25H,(H,23,26)/b22-10-. The van der Waals surface area contributed by atoms with Crippen LogP contribution in [-0.2, 0) is 0 Å². The lowest BCUT2D eigenvalue weighted by molar-refractivity contribution is 0.0955. The van der Waals surface area contributed by atoms with Crippen LogP contribution in [0, 0.1) is 0 Å². The van der Waals surface area contributed by atoms with Crippen LogP contribution in [0.4, 0.5) is 0 Å². The maximum absolute atomic E-state index is 12.5. The van der Waals surface area contributed by atoms with E-state index in [0.29, 0.717) is 21.3 Å². The Hall–Kier alpha value is -2.47. The van der Waals surface area contributed by atoms with Gasteiger partial charge in [0.05, 0.1) is 27.5 Å². The van der Waals surface area contributed by atoms with Crippen molar-refractivity contribution in [3.63, 3.8) is 0 Å². The molecule has 0 fully saturated rings. The predicted octanol–water partition coefficient (Wildman–Crippen LogP) is 4.91. The number of halogens is 3. The van der Waals surface area contributed by atoms with Gasteiger partial charge in [0.15, 0.2) is 0 Å². The number of hydrogen-bond donors (Lipinski definition) is 2. The summed E-state index contributed by atoms with van der Waals surface area (Å²) in [5.41, 5.74) is 3.57. The summed E-state index contributed by atoms with van der Waals surface area (Å²) < 4.78 is 1.74. The molecule has 1 amide bonds. The predicted molar refractivity (Wildman–Crippen MR) is 104 cm³/mol. The molecule has 0 aliphatic heterocycles. The van der Waals surface area contributed by atoms with Crippen LogP contribution in [0.15, 0.2) is 60.0 Å². The lowest BCUT2D eigenvalue weighted by Crippen LogP contribution is -2.19. The molecule has 2 aromatic carbocycles. The van der Waals surface area contributed by atoms with Gasteiger partial charge in [0, 0.05) is 23.0 Å². The quantitative estimate of drug-likeness (QED) is 0.476. The molecular weight excluding hydrogens is 397 g/mol. The zero-order chi connectivity index (χ0) is 18.7. The molecule has 2 N–H and O–H groups in total. The molecule has 0 unspecified atom stereocenters. The molecule has 8 heteroatoms. The van der Waals surface area contributed by atoms with E-state index in [-0.39, 0.29) is 16.3 Å². The van der Waals surface area contributed by atoms with Crippen molar-refractivity contribution in [1.82, 2.24) is 9.99 Å². The Balaban J connectivity index is 1.85. The van der Waals surface area contributed by atoms with Crippen LogP contribution in [0.1, 0.15) is 15.9 Å². The Morgan fingerprint density at radius 2 is 1.81 bits per heavy atom. The third kappa shape index (κ3) is 3.85. The van der Waals surface area contributed by atoms with Gasteiger partial charge in [0.1, 0.15) is 5.75 Å². The Kier molecular flexibility index (Phi) is 5.52. The average molecular weight is 409 g/mol. The Morgan fingerprint density at radius 1 is 1.08 bits per heavy atom. The number of para-hydroxylation sites is 1. The minimum Gasteiger partial charge on any atom is -0.506 e. The first kappa shape index (κ1) is 18.3. The van der Waals surface area contributed by atoms with Crippen LogP contribution >= 0.6 is 34.8 Å². The molecule has 0 radical (unpaired) electrons. The molecule has 26 heavy (non-hydrogen) atoms. The van der Waals surface area contributed by atoms with Crippen molar-refractivity contribution in [2.45, 2.75) is 0 Å². The minimum atomic E-state index is -0.458. The fraction of sp³-hybridized carbons (Fsp3) is 0. The van der Waals surface area contributed by atoms with E-state index in [4.69, 9.17) is 34.8 Å². The molecular formula is C18H12Cl3N3O2. The first-order chi connectivity index (χ1) is 12.5. The molecule has 3 aromatic rings. The summed E-state index contributed by atoms with van der Waals surface area (Å²) in [5.74, 6) is -0.634. The summed E-state index contributed by atoms with van der Waals surface area (Å²) in [4.78, 5) is 12.5. The number of phenols is 1. The molecule has 1 aromatic heterocycles. The number of nitrogens with one attached hydrogen (secondary N) is 1. The van der Waals surface area contributed by atoms with Crippen molar-refractivity contribution < 1.29 is 9.90 Å². The maximum Gasteiger partial charge on any atom is 0.273 e. The van der Waals surface area contributed by atoms with Gasteiger partial charge in [-0.1, -0.05) is 40.9 Å². The van der Waals surface area contributed by atoms with Crippen molar-refractivity contribution in [3.8, 4) is 11.4 Å². The topological polar surface area (TPSA) is 66.6 Å². The second-order valence-electron chi connectivity index (χ2n) is 5.25. The molecule has 0 bridgehead atoms. The number of nitrogens with zero attached hydrogens (tertiary/aromatic N) is 2. The van der Waals surface area contributed by atoms with Gasteiger partial charge >= 0.3 is 0 Å². The molecule has 1 heterocycles. The number of aromatic nitrogens is 1. The Bertz CT molecular complexity index is 986. The number of carbonyl (C=O) groups excluding carboxylic acids is 1. The second kappa shape index (κ2) is 7.83. The van der Waals surface area contributed by atoms with Crippen molar-refractivity contribution in [2.75, 3.05) is 0 Å². The van der Waals surface area contributed by atoms with Gasteiger partial charge in [-0.3, -0.25) is 4.79 Å². The van der Waals surface area contributed by atoms with E-state index in [1.165, 1.54) is 18.3 Å². The second-order valence-corrected chi connectivity index (χ2v) is 6.50. The molecule has 3 rings (SSSR count). The molecule has 0 aliphatic rings. The van der Waals surface area contributed by atoms with Gasteiger partial charge in [0.25, 0.3) is 5.91 Å². The van der Waals surface area contributed by atoms with Crippen molar-refractivity contribution in [2.24, 2.45) is 5.10 Å². The van der Waals surface area contributed by atoms with E-state index in [1.807, 2.05) is 12.1 Å². The van der Waals surface area contributed by atoms with Gasteiger partial charge in [-0.15, -0.1) is 0 Å². The highest BCUT2D eigenvalue weighted by Crippen LogP contribution is 2.30. The summed E-state index contributed by atoms with van der Waals surface area (Å²) in [6.45, 7) is 0. The van der Waals surface area contributed by atoms with Crippen LogP contribution in [0.2, 0.25) is 15.1 Å². The van der Waals surface area contributed by atoms with Gasteiger partial charge in [-0.05, 0) is 36.4 Å². The number of hydrogen-bond acceptors (Lipinski definition) is 3. The van der Waals surface area contributed by atoms with Gasteiger partial charge in [-0.2, -0.15) is 5.10 Å². The number of hydrazone groups is 1. The minimum absolute atomic E-state index is 0.0926. The zero-order valence-corrected chi connectivity index (χ0v) is 15.4. The molecule has 5 nitrogen and oxygen atoms in total. The molecule has 0 spiro atoms. The third-order valence-corrected chi connectivity index (χ3v) is 4.33. The van der Waals surface area contributed by atoms with E-state index < -0.39 is 5.91 Å². The highest BCUT2D eigenvalue weighted by Gasteiger charge is 2.15. The molecule has 0 atom stereocenters.